The maximum absolute atomic E-state index is 8.55. The number of aliphatic hydroxyl groups is 1. The van der Waals surface area contributed by atoms with Crippen LogP contribution in [0.3, 0.4) is 0 Å². The largest absolute Gasteiger partial charge is 0.390 e. The Morgan fingerprint density at radius 3 is 3.19 bits per heavy atom. The molecule has 4 unspecified atom stereocenters. The fourth-order valence-electron chi connectivity index (χ4n) is 1.46. The van der Waals surface area contributed by atoms with Crippen LogP contribution in [0.1, 0.15) is 20.6 Å². The van der Waals surface area contributed by atoms with Gasteiger partial charge in [0.15, 0.2) is 0 Å². The third-order valence-electron chi connectivity index (χ3n) is 2.52. The van der Waals surface area contributed by atoms with Crippen LogP contribution in [0, 0.1) is 11.3 Å². The first-order valence-electron chi connectivity index (χ1n) is 7.72. The van der Waals surface area contributed by atoms with Crippen LogP contribution in [0.5, 0.6) is 0 Å². The fraction of sp³-hybridized carbons (Fsp3) is 0.643. The van der Waals surface area contributed by atoms with E-state index < -0.39 is 27.4 Å². The Hall–Kier alpha value is -0.800. The smallest absolute Gasteiger partial charge is 0.332 e. The van der Waals surface area contributed by atoms with E-state index in [2.05, 4.69) is 11.7 Å². The summed E-state index contributed by atoms with van der Waals surface area (Å²) in [5, 5.41) is 13.1. The minimum absolute atomic E-state index is 0.111. The Kier molecular flexibility index (Phi) is 8.50. The quantitative estimate of drug-likeness (QED) is 0.338. The Bertz CT molecular complexity index is 407. The van der Waals surface area contributed by atoms with Gasteiger partial charge in [0, 0.05) is 6.58 Å². The zero-order chi connectivity index (χ0) is 16.9. The summed E-state index contributed by atoms with van der Waals surface area (Å²) in [5.41, 5.74) is 0. The van der Waals surface area contributed by atoms with E-state index >= 15 is 0 Å². The van der Waals surface area contributed by atoms with Crippen molar-refractivity contribution in [2.45, 2.75) is 31.5 Å². The van der Waals surface area contributed by atoms with Crippen LogP contribution in [0.2, 0.25) is 0 Å². The lowest BCUT2D eigenvalue weighted by molar-refractivity contribution is 0.00413. The average Bonchev–Trinajstić information content (AvgIpc) is 2.91. The van der Waals surface area contributed by atoms with Gasteiger partial charge in [-0.15, -0.1) is 0 Å². The van der Waals surface area contributed by atoms with Crippen molar-refractivity contribution in [1.82, 2.24) is 0 Å². The second-order valence-electron chi connectivity index (χ2n) is 4.16. The molecular weight excluding hydrogens is 293 g/mol. The number of hydrogen-bond acceptors (Lipinski definition) is 6. The second-order valence-corrected chi connectivity index (χ2v) is 5.38. The molecule has 1 fully saturated rings. The summed E-state index contributed by atoms with van der Waals surface area (Å²) in [6.45, 7) is 3.60. The summed E-state index contributed by atoms with van der Waals surface area (Å²) in [4.78, 5) is 0. The molecule has 0 aromatic carbocycles. The highest BCUT2D eigenvalue weighted by Gasteiger charge is 2.28. The molecule has 0 bridgehead atoms. The topological polar surface area (TPSA) is 80.9 Å². The molecule has 1 heterocycles. The van der Waals surface area contributed by atoms with Gasteiger partial charge >= 0.3 is 8.60 Å². The first-order chi connectivity index (χ1) is 11.2. The number of hydrogen-bond donors (Lipinski definition) is 1. The Balaban J connectivity index is 2.36. The normalized spacial score (nSPS) is 28.0. The minimum atomic E-state index is -1.62. The van der Waals surface area contributed by atoms with Crippen molar-refractivity contribution in [3.63, 3.8) is 0 Å². The fourth-order valence-corrected chi connectivity index (χ4v) is 2.45. The van der Waals surface area contributed by atoms with Gasteiger partial charge < -0.3 is 23.4 Å². The molecule has 7 heteroatoms. The van der Waals surface area contributed by atoms with Crippen molar-refractivity contribution in [3.05, 3.63) is 24.8 Å². The number of nitriles is 1. The molecule has 0 spiro atoms. The first-order valence-corrected chi connectivity index (χ1v) is 7.83. The Morgan fingerprint density at radius 2 is 2.43 bits per heavy atom. The molecule has 21 heavy (non-hydrogen) atoms. The second kappa shape index (κ2) is 11.8. The van der Waals surface area contributed by atoms with Crippen molar-refractivity contribution in [3.8, 4) is 6.07 Å². The molecule has 1 rings (SSSR count). The highest BCUT2D eigenvalue weighted by Crippen LogP contribution is 2.40. The predicted octanol–water partition coefficient (Wildman–Crippen LogP) is 2.46. The molecule has 0 aromatic rings. The van der Waals surface area contributed by atoms with Gasteiger partial charge in [0.25, 0.3) is 0 Å². The van der Waals surface area contributed by atoms with Crippen LogP contribution < -0.4 is 0 Å². The molecular formula is C14H22NO5P. The Labute approximate surface area is 129 Å². The lowest BCUT2D eigenvalue weighted by Gasteiger charge is -2.19. The highest BCUT2D eigenvalue weighted by atomic mass is 31.2. The van der Waals surface area contributed by atoms with Gasteiger partial charge in [0.05, 0.1) is 39.8 Å². The van der Waals surface area contributed by atoms with Crippen molar-refractivity contribution >= 4 is 8.60 Å². The third kappa shape index (κ3) is 8.27. The molecule has 1 aliphatic rings. The monoisotopic (exact) mass is 318 g/mol. The lowest BCUT2D eigenvalue weighted by Crippen LogP contribution is -2.25. The molecule has 6 nitrogen and oxygen atoms in total. The molecule has 0 saturated carbocycles. The Morgan fingerprint density at radius 1 is 1.57 bits per heavy atom. The van der Waals surface area contributed by atoms with E-state index in [0.29, 0.717) is 19.4 Å². The molecule has 0 amide bonds. The van der Waals surface area contributed by atoms with E-state index in [0.717, 1.165) is 0 Å². The van der Waals surface area contributed by atoms with Crippen LogP contribution in [0.15, 0.2) is 24.8 Å². The average molecular weight is 318 g/mol. The summed E-state index contributed by atoms with van der Waals surface area (Å²) >= 11 is 0. The van der Waals surface area contributed by atoms with Crippen LogP contribution >= 0.6 is 8.60 Å². The summed E-state index contributed by atoms with van der Waals surface area (Å²) in [5.74, 6) is 0. The SMILES string of the molecule is [2H]OC1CC([3H])OC1COP(OCCC#N)OCC/C=C/C=C. The lowest BCUT2D eigenvalue weighted by atomic mass is 10.2. The molecule has 0 radical (unpaired) electrons. The molecule has 0 aliphatic carbocycles. The number of ether oxygens (including phenoxy) is 1. The molecule has 0 aromatic heterocycles. The molecule has 4 atom stereocenters. The van der Waals surface area contributed by atoms with E-state index in [1.807, 2.05) is 18.2 Å². The van der Waals surface area contributed by atoms with Gasteiger partial charge in [0.1, 0.15) is 6.10 Å². The number of aliphatic hydroxyl groups excluding tert-OH is 1. The first kappa shape index (κ1) is 15.1. The van der Waals surface area contributed by atoms with Crippen molar-refractivity contribution in [1.29, 1.82) is 6.69 Å². The summed E-state index contributed by atoms with van der Waals surface area (Å²) < 4.78 is 36.3. The highest BCUT2D eigenvalue weighted by molar-refractivity contribution is 7.41. The minimum Gasteiger partial charge on any atom is -0.390 e. The third-order valence-corrected chi connectivity index (χ3v) is 3.67. The molecule has 1 N–H and O–H groups in total. The molecule has 118 valence electrons. The van der Waals surface area contributed by atoms with E-state index in [-0.39, 0.29) is 19.6 Å². The number of allylic oxidation sites excluding steroid dienone is 2. The van der Waals surface area contributed by atoms with Gasteiger partial charge in [-0.25, -0.2) is 0 Å². The summed E-state index contributed by atoms with van der Waals surface area (Å²) in [7, 11) is -1.62. The summed E-state index contributed by atoms with van der Waals surface area (Å²) in [6.07, 6.45) is 5.67. The van der Waals surface area contributed by atoms with E-state index in [4.69, 9.17) is 26.4 Å². The van der Waals surface area contributed by atoms with Gasteiger partial charge in [-0.1, -0.05) is 24.8 Å². The summed E-state index contributed by atoms with van der Waals surface area (Å²) in [6, 6.07) is 1.98. The molecule has 1 aliphatic heterocycles. The number of rotatable bonds is 12. The zero-order valence-corrected chi connectivity index (χ0v) is 12.7. The van der Waals surface area contributed by atoms with E-state index in [9.17, 15) is 0 Å². The van der Waals surface area contributed by atoms with E-state index in [1.54, 1.807) is 6.08 Å². The van der Waals surface area contributed by atoms with Crippen molar-refractivity contribution in [2.24, 2.45) is 0 Å². The van der Waals surface area contributed by atoms with Crippen LogP contribution in [0.4, 0.5) is 0 Å². The number of nitrogens with zero attached hydrogens (tertiary/aromatic N) is 1. The van der Waals surface area contributed by atoms with Gasteiger partial charge in [-0.05, 0) is 12.8 Å². The maximum atomic E-state index is 8.55. The predicted molar refractivity (Wildman–Crippen MR) is 79.3 cm³/mol. The van der Waals surface area contributed by atoms with Gasteiger partial charge in [-0.3, -0.25) is 0 Å². The standard InChI is InChI=1S/C14H22NO5P/c1-2-3-4-5-9-18-21(19-10-6-8-15)20-12-14-13(16)7-11-17-14/h2-4,13-14,16H,1,5-7,9-12H2/b4-3+/i11T,16D. The van der Waals surface area contributed by atoms with Crippen LogP contribution in [0.25, 0.3) is 0 Å². The van der Waals surface area contributed by atoms with Crippen molar-refractivity contribution < 1.29 is 24.8 Å². The van der Waals surface area contributed by atoms with Crippen LogP contribution in [-0.4, -0.2) is 45.2 Å². The van der Waals surface area contributed by atoms with E-state index in [1.165, 1.54) is 0 Å². The van der Waals surface area contributed by atoms with Crippen molar-refractivity contribution in [2.75, 3.05) is 26.4 Å². The van der Waals surface area contributed by atoms with Gasteiger partial charge in [0.2, 0.25) is 1.43 Å². The zero-order valence-electron chi connectivity index (χ0n) is 13.8. The van der Waals surface area contributed by atoms with Gasteiger partial charge in [-0.2, -0.15) is 5.26 Å². The molecule has 1 saturated heterocycles. The van der Waals surface area contributed by atoms with Crippen LogP contribution in [-0.2, 0) is 18.3 Å². The maximum Gasteiger partial charge on any atom is 0.332 e.